The average molecular weight is 400 g/mol. The van der Waals surface area contributed by atoms with Crippen LogP contribution in [0.4, 0.5) is 0 Å². The minimum absolute atomic E-state index is 0.239. The van der Waals surface area contributed by atoms with Gasteiger partial charge in [-0.1, -0.05) is 6.92 Å². The van der Waals surface area contributed by atoms with E-state index in [4.69, 9.17) is 4.74 Å². The van der Waals surface area contributed by atoms with Crippen molar-refractivity contribution in [2.24, 2.45) is 0 Å². The molecule has 27 heavy (non-hydrogen) atoms. The van der Waals surface area contributed by atoms with Gasteiger partial charge in [0.1, 0.15) is 5.60 Å². The van der Waals surface area contributed by atoms with Crippen LogP contribution < -0.4 is 5.32 Å². The summed E-state index contributed by atoms with van der Waals surface area (Å²) in [4.78, 5) is 27.5. The van der Waals surface area contributed by atoms with Gasteiger partial charge in [-0.05, 0) is 32.9 Å². The van der Waals surface area contributed by atoms with Crippen LogP contribution in [0.3, 0.4) is 0 Å². The number of esters is 1. The molecule has 1 amide bonds. The molecule has 0 aromatic rings. The number of likely N-dealkylation sites (N-methyl/N-ethyl adjacent to an activating group) is 1. The minimum Gasteiger partial charge on any atom is -0.450 e. The highest BCUT2D eigenvalue weighted by atomic mass is 32.2. The Morgan fingerprint density at radius 2 is 1.96 bits per heavy atom. The summed E-state index contributed by atoms with van der Waals surface area (Å²) < 4.78 is 30.5. The summed E-state index contributed by atoms with van der Waals surface area (Å²) in [6.45, 7) is 6.75. The Kier molecular flexibility index (Phi) is 5.65. The molecule has 1 unspecified atom stereocenters. The fourth-order valence-corrected chi connectivity index (χ4v) is 5.34. The van der Waals surface area contributed by atoms with E-state index in [0.29, 0.717) is 36.6 Å². The van der Waals surface area contributed by atoms with Gasteiger partial charge in [-0.3, -0.25) is 9.69 Å². The van der Waals surface area contributed by atoms with Gasteiger partial charge in [0, 0.05) is 44.1 Å². The van der Waals surface area contributed by atoms with Crippen molar-refractivity contribution in [2.45, 2.75) is 51.2 Å². The topological polar surface area (TPSA) is 96.0 Å². The third kappa shape index (κ3) is 3.90. The van der Waals surface area contributed by atoms with Gasteiger partial charge in [0.25, 0.3) is 5.91 Å². The Balaban J connectivity index is 1.72. The number of rotatable bonds is 5. The second-order valence-corrected chi connectivity index (χ2v) is 9.66. The molecule has 3 aliphatic heterocycles. The quantitative estimate of drug-likeness (QED) is 0.666. The van der Waals surface area contributed by atoms with Gasteiger partial charge in [-0.2, -0.15) is 0 Å². The number of amides is 1. The molecule has 3 heterocycles. The lowest BCUT2D eigenvalue weighted by molar-refractivity contribution is -0.150. The molecule has 0 aromatic carbocycles. The monoisotopic (exact) mass is 399 g/mol. The van der Waals surface area contributed by atoms with E-state index in [1.807, 2.05) is 0 Å². The first kappa shape index (κ1) is 20.3. The number of hydrogen-bond donors (Lipinski definition) is 1. The fourth-order valence-electron chi connectivity index (χ4n) is 4.50. The summed E-state index contributed by atoms with van der Waals surface area (Å²) in [6, 6.07) is 0.320. The van der Waals surface area contributed by atoms with Crippen molar-refractivity contribution < 1.29 is 22.7 Å². The zero-order valence-corrected chi connectivity index (χ0v) is 17.1. The summed E-state index contributed by atoms with van der Waals surface area (Å²) in [7, 11) is -3.30. The first-order valence-electron chi connectivity index (χ1n) is 9.60. The number of piperidine rings is 1. The standard InChI is InChI=1S/C18H29N3O5S/c1-4-20-9-5-6-14(20)12-19-16(22)15-13(2)17(23)26-18(15)7-10-21(11-8-18)27(3,24)25/h14H,4-12H2,1-3H3,(H,19,22). The number of likely N-dealkylation sites (tertiary alicyclic amines) is 1. The molecule has 1 spiro atoms. The lowest BCUT2D eigenvalue weighted by Gasteiger charge is -2.38. The van der Waals surface area contributed by atoms with Crippen LogP contribution in [-0.2, 0) is 24.3 Å². The molecular weight excluding hydrogens is 370 g/mol. The van der Waals surface area contributed by atoms with Gasteiger partial charge in [-0.15, -0.1) is 0 Å². The Bertz CT molecular complexity index is 753. The van der Waals surface area contributed by atoms with Gasteiger partial charge in [0.15, 0.2) is 0 Å². The first-order chi connectivity index (χ1) is 12.7. The molecule has 2 fully saturated rings. The van der Waals surface area contributed by atoms with Crippen LogP contribution in [0.25, 0.3) is 0 Å². The molecule has 3 aliphatic rings. The number of hydrogen-bond acceptors (Lipinski definition) is 6. The van der Waals surface area contributed by atoms with Gasteiger partial charge in [-0.25, -0.2) is 17.5 Å². The summed E-state index contributed by atoms with van der Waals surface area (Å²) >= 11 is 0. The molecule has 8 nitrogen and oxygen atoms in total. The van der Waals surface area contributed by atoms with Gasteiger partial charge >= 0.3 is 5.97 Å². The highest BCUT2D eigenvalue weighted by molar-refractivity contribution is 7.88. The molecule has 0 aliphatic carbocycles. The lowest BCUT2D eigenvalue weighted by atomic mass is 9.83. The predicted octanol–water partition coefficient (Wildman–Crippen LogP) is 0.254. The van der Waals surface area contributed by atoms with Crippen LogP contribution in [0, 0.1) is 0 Å². The normalized spacial score (nSPS) is 26.6. The van der Waals surface area contributed by atoms with Crippen molar-refractivity contribution >= 4 is 21.9 Å². The van der Waals surface area contributed by atoms with Crippen molar-refractivity contribution in [2.75, 3.05) is 39.0 Å². The summed E-state index contributed by atoms with van der Waals surface area (Å²) in [6.07, 6.45) is 3.95. The van der Waals surface area contributed by atoms with Crippen LogP contribution in [0.5, 0.6) is 0 Å². The largest absolute Gasteiger partial charge is 0.450 e. The van der Waals surface area contributed by atoms with Gasteiger partial charge in [0.05, 0.1) is 11.8 Å². The Morgan fingerprint density at radius 1 is 1.30 bits per heavy atom. The van der Waals surface area contributed by atoms with Crippen molar-refractivity contribution in [3.8, 4) is 0 Å². The number of carbonyl (C=O) groups excluding carboxylic acids is 2. The molecule has 0 bridgehead atoms. The van der Waals surface area contributed by atoms with E-state index in [9.17, 15) is 18.0 Å². The van der Waals surface area contributed by atoms with Gasteiger partial charge in [0.2, 0.25) is 10.0 Å². The zero-order chi connectivity index (χ0) is 19.8. The van der Waals surface area contributed by atoms with E-state index < -0.39 is 21.6 Å². The Morgan fingerprint density at radius 3 is 2.56 bits per heavy atom. The van der Waals surface area contributed by atoms with E-state index >= 15 is 0 Å². The van der Waals surface area contributed by atoms with Gasteiger partial charge < -0.3 is 10.1 Å². The van der Waals surface area contributed by atoms with Crippen LogP contribution in [0.1, 0.15) is 39.5 Å². The molecule has 9 heteroatoms. The number of ether oxygens (including phenoxy) is 1. The summed E-state index contributed by atoms with van der Waals surface area (Å²) in [5.74, 6) is -0.752. The number of nitrogens with one attached hydrogen (secondary N) is 1. The highest BCUT2D eigenvalue weighted by Crippen LogP contribution is 2.41. The second-order valence-electron chi connectivity index (χ2n) is 7.68. The van der Waals surface area contributed by atoms with Crippen LogP contribution in [-0.4, -0.2) is 80.1 Å². The molecule has 0 radical (unpaired) electrons. The molecule has 1 atom stereocenters. The van der Waals surface area contributed by atoms with Crippen molar-refractivity contribution in [1.82, 2.24) is 14.5 Å². The van der Waals surface area contributed by atoms with E-state index in [-0.39, 0.29) is 19.0 Å². The highest BCUT2D eigenvalue weighted by Gasteiger charge is 2.51. The molecule has 3 rings (SSSR count). The van der Waals surface area contributed by atoms with Crippen LogP contribution >= 0.6 is 0 Å². The molecule has 0 aromatic heterocycles. The molecule has 0 saturated carbocycles. The molecular formula is C18H29N3O5S. The maximum atomic E-state index is 13.0. The summed E-state index contributed by atoms with van der Waals surface area (Å²) in [5.41, 5.74) is -0.298. The van der Waals surface area contributed by atoms with Crippen molar-refractivity contribution in [1.29, 1.82) is 0 Å². The lowest BCUT2D eigenvalue weighted by Crippen LogP contribution is -2.50. The number of carbonyl (C=O) groups is 2. The average Bonchev–Trinajstić information content (AvgIpc) is 3.15. The Hall–Kier alpha value is -1.45. The van der Waals surface area contributed by atoms with E-state index in [0.717, 1.165) is 25.9 Å². The third-order valence-electron chi connectivity index (χ3n) is 6.05. The van der Waals surface area contributed by atoms with Crippen molar-refractivity contribution in [3.63, 3.8) is 0 Å². The maximum absolute atomic E-state index is 13.0. The van der Waals surface area contributed by atoms with Crippen molar-refractivity contribution in [3.05, 3.63) is 11.1 Å². The SMILES string of the molecule is CCN1CCCC1CNC(=O)C1=C(C)C(=O)OC12CCN(S(C)(=O)=O)CC2. The second kappa shape index (κ2) is 7.52. The minimum atomic E-state index is -3.30. The molecule has 1 N–H and O–H groups in total. The fraction of sp³-hybridized carbons (Fsp3) is 0.778. The maximum Gasteiger partial charge on any atom is 0.335 e. The number of nitrogens with zero attached hydrogens (tertiary/aromatic N) is 2. The Labute approximate surface area is 161 Å². The zero-order valence-electron chi connectivity index (χ0n) is 16.3. The van der Waals surface area contributed by atoms with E-state index in [1.165, 1.54) is 10.6 Å². The number of sulfonamides is 1. The summed E-state index contributed by atoms with van der Waals surface area (Å²) in [5, 5.41) is 2.99. The van der Waals surface area contributed by atoms with E-state index in [1.54, 1.807) is 6.92 Å². The first-order valence-corrected chi connectivity index (χ1v) is 11.4. The molecule has 2 saturated heterocycles. The predicted molar refractivity (Wildman–Crippen MR) is 100 cm³/mol. The third-order valence-corrected chi connectivity index (χ3v) is 7.36. The smallest absolute Gasteiger partial charge is 0.335 e. The van der Waals surface area contributed by atoms with Crippen LogP contribution in [0.2, 0.25) is 0 Å². The van der Waals surface area contributed by atoms with E-state index in [2.05, 4.69) is 17.1 Å². The molecule has 152 valence electrons. The van der Waals surface area contributed by atoms with Crippen LogP contribution in [0.15, 0.2) is 11.1 Å².